The third-order valence-corrected chi connectivity index (χ3v) is 4.36. The van der Waals surface area contributed by atoms with Crippen LogP contribution in [0.3, 0.4) is 0 Å². The van der Waals surface area contributed by atoms with Gasteiger partial charge in [-0.25, -0.2) is 4.98 Å². The van der Waals surface area contributed by atoms with Crippen molar-refractivity contribution in [3.63, 3.8) is 0 Å². The molecule has 0 aliphatic heterocycles. The minimum atomic E-state index is -0.0896. The van der Waals surface area contributed by atoms with Gasteiger partial charge in [0.2, 0.25) is 0 Å². The van der Waals surface area contributed by atoms with E-state index in [2.05, 4.69) is 14.9 Å². The number of hydrogen-bond donors (Lipinski definition) is 1. The van der Waals surface area contributed by atoms with Crippen molar-refractivity contribution >= 4 is 10.9 Å². The summed E-state index contributed by atoms with van der Waals surface area (Å²) < 4.78 is 5.72. The lowest BCUT2D eigenvalue weighted by Gasteiger charge is -2.24. The summed E-state index contributed by atoms with van der Waals surface area (Å²) in [6, 6.07) is 17.2. The van der Waals surface area contributed by atoms with Crippen molar-refractivity contribution < 1.29 is 4.74 Å². The summed E-state index contributed by atoms with van der Waals surface area (Å²) in [5.41, 5.74) is 0.641. The van der Waals surface area contributed by atoms with Crippen molar-refractivity contribution in [3.8, 4) is 5.75 Å². The molecule has 3 aromatic rings. The fourth-order valence-corrected chi connectivity index (χ4v) is 2.73. The van der Waals surface area contributed by atoms with E-state index in [1.165, 1.54) is 0 Å². The minimum absolute atomic E-state index is 0.0223. The van der Waals surface area contributed by atoms with E-state index in [4.69, 9.17) is 4.74 Å². The molecule has 130 valence electrons. The molecule has 0 amide bonds. The zero-order valence-corrected chi connectivity index (χ0v) is 14.6. The van der Waals surface area contributed by atoms with Crippen molar-refractivity contribution in [2.24, 2.45) is 0 Å². The van der Waals surface area contributed by atoms with E-state index in [0.29, 0.717) is 17.8 Å². The summed E-state index contributed by atoms with van der Waals surface area (Å²) in [4.78, 5) is 21.9. The molecule has 0 fully saturated rings. The van der Waals surface area contributed by atoms with Gasteiger partial charge in [0.1, 0.15) is 11.6 Å². The molecule has 3 rings (SSSR count). The summed E-state index contributed by atoms with van der Waals surface area (Å²) in [6.45, 7) is 3.55. The van der Waals surface area contributed by atoms with Crippen molar-refractivity contribution in [2.45, 2.75) is 19.4 Å². The van der Waals surface area contributed by atoms with Crippen LogP contribution in [0.5, 0.6) is 5.75 Å². The van der Waals surface area contributed by atoms with E-state index < -0.39 is 0 Å². The summed E-state index contributed by atoms with van der Waals surface area (Å²) >= 11 is 0. The first-order chi connectivity index (χ1) is 12.1. The van der Waals surface area contributed by atoms with Crippen LogP contribution in [0.15, 0.2) is 59.4 Å². The average molecular weight is 337 g/mol. The summed E-state index contributed by atoms with van der Waals surface area (Å²) in [5.74, 6) is 1.58. The number of nitrogens with one attached hydrogen (secondary N) is 1. The molecule has 0 aliphatic carbocycles. The minimum Gasteiger partial charge on any atom is -0.494 e. The number of aromatic amines is 1. The Morgan fingerprint density at radius 2 is 1.84 bits per heavy atom. The zero-order valence-electron chi connectivity index (χ0n) is 14.6. The Kier molecular flexibility index (Phi) is 5.46. The number of H-pyrrole nitrogens is 1. The SMILES string of the molecule is C[C@@H](c1nc2ccccc2c(=O)[nH]1)N(C)CCCOc1ccccc1. The number of hydrogen-bond acceptors (Lipinski definition) is 4. The number of nitrogens with zero attached hydrogens (tertiary/aromatic N) is 2. The van der Waals surface area contributed by atoms with Crippen LogP contribution in [-0.2, 0) is 0 Å². The molecule has 0 unspecified atom stereocenters. The van der Waals surface area contributed by atoms with Crippen LogP contribution in [0.4, 0.5) is 0 Å². The Morgan fingerprint density at radius 3 is 2.64 bits per heavy atom. The van der Waals surface area contributed by atoms with Gasteiger partial charge in [-0.1, -0.05) is 30.3 Å². The maximum Gasteiger partial charge on any atom is 0.258 e. The van der Waals surface area contributed by atoms with Crippen molar-refractivity contribution in [1.29, 1.82) is 0 Å². The molecule has 0 saturated carbocycles. The summed E-state index contributed by atoms with van der Waals surface area (Å²) in [5, 5.41) is 0.623. The van der Waals surface area contributed by atoms with E-state index in [9.17, 15) is 4.79 Å². The Labute approximate surface area is 147 Å². The van der Waals surface area contributed by atoms with Gasteiger partial charge in [-0.15, -0.1) is 0 Å². The zero-order chi connectivity index (χ0) is 17.6. The molecule has 1 heterocycles. The van der Waals surface area contributed by atoms with Crippen molar-refractivity contribution in [1.82, 2.24) is 14.9 Å². The quantitative estimate of drug-likeness (QED) is 0.672. The molecular weight excluding hydrogens is 314 g/mol. The molecule has 5 nitrogen and oxygen atoms in total. The van der Waals surface area contributed by atoms with E-state index in [1.54, 1.807) is 6.07 Å². The number of fused-ring (bicyclic) bond motifs is 1. The molecule has 0 saturated heterocycles. The van der Waals surface area contributed by atoms with Crippen molar-refractivity contribution in [2.75, 3.05) is 20.2 Å². The molecule has 1 atom stereocenters. The molecule has 2 aromatic carbocycles. The van der Waals surface area contributed by atoms with E-state index >= 15 is 0 Å². The van der Waals surface area contributed by atoms with E-state index in [1.807, 2.05) is 62.5 Å². The van der Waals surface area contributed by atoms with Crippen LogP contribution >= 0.6 is 0 Å². The fraction of sp³-hybridized carbons (Fsp3) is 0.300. The summed E-state index contributed by atoms with van der Waals surface area (Å²) in [6.07, 6.45) is 0.896. The van der Waals surface area contributed by atoms with Crippen LogP contribution in [0.1, 0.15) is 25.2 Å². The second kappa shape index (κ2) is 7.94. The largest absolute Gasteiger partial charge is 0.494 e. The second-order valence-electron chi connectivity index (χ2n) is 6.14. The molecule has 1 aromatic heterocycles. The van der Waals surface area contributed by atoms with Gasteiger partial charge >= 0.3 is 0 Å². The highest BCUT2D eigenvalue weighted by atomic mass is 16.5. The lowest BCUT2D eigenvalue weighted by Crippen LogP contribution is -2.28. The molecule has 0 bridgehead atoms. The Bertz CT molecular complexity index is 877. The second-order valence-corrected chi connectivity index (χ2v) is 6.14. The van der Waals surface area contributed by atoms with Crippen molar-refractivity contribution in [3.05, 3.63) is 70.8 Å². The van der Waals surface area contributed by atoms with Crippen LogP contribution < -0.4 is 10.3 Å². The first kappa shape index (κ1) is 17.2. The van der Waals surface area contributed by atoms with Crippen LogP contribution in [0.2, 0.25) is 0 Å². The predicted octanol–water partition coefficient (Wildman–Crippen LogP) is 3.39. The fourth-order valence-electron chi connectivity index (χ4n) is 2.73. The predicted molar refractivity (Wildman–Crippen MR) is 100.0 cm³/mol. The van der Waals surface area contributed by atoms with Gasteiger partial charge in [0.05, 0.1) is 23.6 Å². The smallest absolute Gasteiger partial charge is 0.258 e. The number of benzene rings is 2. The van der Waals surface area contributed by atoms with E-state index in [0.717, 1.165) is 24.2 Å². The van der Waals surface area contributed by atoms with Gasteiger partial charge < -0.3 is 9.72 Å². The van der Waals surface area contributed by atoms with Gasteiger partial charge in [-0.3, -0.25) is 9.69 Å². The highest BCUT2D eigenvalue weighted by Gasteiger charge is 2.15. The Morgan fingerprint density at radius 1 is 1.12 bits per heavy atom. The van der Waals surface area contributed by atoms with Gasteiger partial charge in [0.15, 0.2) is 0 Å². The normalized spacial score (nSPS) is 12.4. The molecule has 0 aliphatic rings. The van der Waals surface area contributed by atoms with Crippen LogP contribution in [-0.4, -0.2) is 35.1 Å². The number of ether oxygens (including phenoxy) is 1. The first-order valence-corrected chi connectivity index (χ1v) is 8.52. The molecule has 0 spiro atoms. The van der Waals surface area contributed by atoms with Gasteiger partial charge in [0, 0.05) is 6.54 Å². The summed E-state index contributed by atoms with van der Waals surface area (Å²) in [7, 11) is 2.03. The lowest BCUT2D eigenvalue weighted by molar-refractivity contribution is 0.220. The topological polar surface area (TPSA) is 58.2 Å². The Hall–Kier alpha value is -2.66. The highest BCUT2D eigenvalue weighted by molar-refractivity contribution is 5.77. The highest BCUT2D eigenvalue weighted by Crippen LogP contribution is 2.16. The third kappa shape index (κ3) is 4.25. The monoisotopic (exact) mass is 337 g/mol. The third-order valence-electron chi connectivity index (χ3n) is 4.36. The maximum atomic E-state index is 12.2. The Balaban J connectivity index is 1.58. The van der Waals surface area contributed by atoms with Gasteiger partial charge in [-0.2, -0.15) is 0 Å². The van der Waals surface area contributed by atoms with Gasteiger partial charge in [-0.05, 0) is 44.7 Å². The maximum absolute atomic E-state index is 12.2. The standard InChI is InChI=1S/C20H23N3O2/c1-15(19-21-18-12-7-6-11-17(18)20(24)22-19)23(2)13-8-14-25-16-9-4-3-5-10-16/h3-7,9-12,15H,8,13-14H2,1-2H3,(H,21,22,24)/t15-/m0/s1. The van der Waals surface area contributed by atoms with Crippen LogP contribution in [0.25, 0.3) is 10.9 Å². The number of aromatic nitrogens is 2. The molecular formula is C20H23N3O2. The first-order valence-electron chi connectivity index (χ1n) is 8.52. The molecule has 25 heavy (non-hydrogen) atoms. The van der Waals surface area contributed by atoms with Gasteiger partial charge in [0.25, 0.3) is 5.56 Å². The average Bonchev–Trinajstić information content (AvgIpc) is 2.65. The molecule has 5 heteroatoms. The van der Waals surface area contributed by atoms with Crippen LogP contribution in [0, 0.1) is 0 Å². The van der Waals surface area contributed by atoms with E-state index in [-0.39, 0.29) is 11.6 Å². The molecule has 0 radical (unpaired) electrons. The number of rotatable bonds is 7. The molecule has 1 N–H and O–H groups in total. The lowest BCUT2D eigenvalue weighted by atomic mass is 10.2. The number of para-hydroxylation sites is 2.